The van der Waals surface area contributed by atoms with Crippen LogP contribution in [0.2, 0.25) is 0 Å². The predicted octanol–water partition coefficient (Wildman–Crippen LogP) is 3.26. The monoisotopic (exact) mass is 458 g/mol. The Balaban J connectivity index is 1.19. The van der Waals surface area contributed by atoms with Gasteiger partial charge in [-0.25, -0.2) is 4.39 Å². The first-order valence-electron chi connectivity index (χ1n) is 12.8. The molecule has 182 valence electrons. The summed E-state index contributed by atoms with van der Waals surface area (Å²) in [5.41, 5.74) is 0.902. The highest BCUT2D eigenvalue weighted by molar-refractivity contribution is 5.94. The van der Waals surface area contributed by atoms with Crippen molar-refractivity contribution in [2.75, 3.05) is 70.3 Å². The molecule has 3 fully saturated rings. The van der Waals surface area contributed by atoms with Crippen molar-refractivity contribution in [1.29, 1.82) is 0 Å². The van der Waals surface area contributed by atoms with Crippen LogP contribution in [0.5, 0.6) is 0 Å². The molecular weight excluding hydrogens is 419 g/mol. The molecule has 33 heavy (non-hydrogen) atoms. The highest BCUT2D eigenvalue weighted by Gasteiger charge is 2.27. The van der Waals surface area contributed by atoms with Crippen LogP contribution in [-0.4, -0.2) is 91.8 Å². The number of amides is 1. The summed E-state index contributed by atoms with van der Waals surface area (Å²) >= 11 is 0. The molecule has 0 saturated carbocycles. The zero-order valence-corrected chi connectivity index (χ0v) is 20.1. The van der Waals surface area contributed by atoms with E-state index in [-0.39, 0.29) is 17.5 Å². The van der Waals surface area contributed by atoms with Crippen molar-refractivity contribution in [3.05, 3.63) is 29.6 Å². The van der Waals surface area contributed by atoms with Crippen LogP contribution in [0.15, 0.2) is 18.2 Å². The second kappa shape index (κ2) is 11.4. The number of piperidine rings is 1. The van der Waals surface area contributed by atoms with Gasteiger partial charge in [0.1, 0.15) is 5.82 Å². The average Bonchev–Trinajstić information content (AvgIpc) is 3.09. The largest absolute Gasteiger partial charge is 0.366 e. The van der Waals surface area contributed by atoms with Gasteiger partial charge in [-0.2, -0.15) is 0 Å². The summed E-state index contributed by atoms with van der Waals surface area (Å²) < 4.78 is 14.5. The second-order valence-electron chi connectivity index (χ2n) is 10.0. The van der Waals surface area contributed by atoms with Crippen LogP contribution in [0.3, 0.4) is 0 Å². The first kappa shape index (κ1) is 24.1. The lowest BCUT2D eigenvalue weighted by atomic mass is 9.96. The zero-order chi connectivity index (χ0) is 23.2. The summed E-state index contributed by atoms with van der Waals surface area (Å²) in [4.78, 5) is 33.2. The minimum absolute atomic E-state index is 0.137. The SMILES string of the molecule is CC(=O)c1ccc(N2CCN(C(=O)CN3CCC(CN4CCCCCC4)CC3)CC2)c(F)c1. The van der Waals surface area contributed by atoms with Crippen LogP contribution >= 0.6 is 0 Å². The molecule has 0 atom stereocenters. The van der Waals surface area contributed by atoms with E-state index in [0.717, 1.165) is 19.0 Å². The van der Waals surface area contributed by atoms with Gasteiger partial charge in [-0.05, 0) is 82.9 Å². The van der Waals surface area contributed by atoms with Gasteiger partial charge in [-0.1, -0.05) is 12.8 Å². The number of ketones is 1. The third-order valence-electron chi connectivity index (χ3n) is 7.61. The van der Waals surface area contributed by atoms with Gasteiger partial charge in [0.2, 0.25) is 5.91 Å². The van der Waals surface area contributed by atoms with E-state index in [1.165, 1.54) is 71.1 Å². The molecule has 0 unspecified atom stereocenters. The molecule has 0 N–H and O–H groups in total. The number of benzene rings is 1. The number of nitrogens with zero attached hydrogens (tertiary/aromatic N) is 4. The van der Waals surface area contributed by atoms with Gasteiger partial charge in [0.15, 0.2) is 5.78 Å². The van der Waals surface area contributed by atoms with Crippen LogP contribution in [0, 0.1) is 11.7 Å². The van der Waals surface area contributed by atoms with E-state index in [1.54, 1.807) is 12.1 Å². The third-order valence-corrected chi connectivity index (χ3v) is 7.61. The molecule has 1 aromatic carbocycles. The lowest BCUT2D eigenvalue weighted by Gasteiger charge is -2.38. The summed E-state index contributed by atoms with van der Waals surface area (Å²) in [6.07, 6.45) is 7.83. The number of hydrogen-bond acceptors (Lipinski definition) is 5. The topological polar surface area (TPSA) is 47.1 Å². The fourth-order valence-electron chi connectivity index (χ4n) is 5.48. The Bertz CT molecular complexity index is 809. The van der Waals surface area contributed by atoms with Gasteiger partial charge in [0.25, 0.3) is 0 Å². The molecule has 0 bridgehead atoms. The van der Waals surface area contributed by atoms with Crippen molar-refractivity contribution in [1.82, 2.24) is 14.7 Å². The molecule has 3 aliphatic rings. The van der Waals surface area contributed by atoms with Crippen molar-refractivity contribution in [2.24, 2.45) is 5.92 Å². The van der Waals surface area contributed by atoms with Crippen LogP contribution < -0.4 is 4.90 Å². The number of carbonyl (C=O) groups excluding carboxylic acids is 2. The van der Waals surface area contributed by atoms with Gasteiger partial charge in [-0.3, -0.25) is 14.5 Å². The summed E-state index contributed by atoms with van der Waals surface area (Å²) in [6.45, 7) is 10.2. The van der Waals surface area contributed by atoms with E-state index in [4.69, 9.17) is 0 Å². The summed E-state index contributed by atoms with van der Waals surface area (Å²) in [5.74, 6) is 0.447. The molecule has 0 aliphatic carbocycles. The highest BCUT2D eigenvalue weighted by atomic mass is 19.1. The molecule has 0 radical (unpaired) electrons. The predicted molar refractivity (Wildman–Crippen MR) is 129 cm³/mol. The number of hydrogen-bond donors (Lipinski definition) is 0. The smallest absolute Gasteiger partial charge is 0.236 e. The van der Waals surface area contributed by atoms with Crippen molar-refractivity contribution < 1.29 is 14.0 Å². The van der Waals surface area contributed by atoms with Crippen LogP contribution in [0.1, 0.15) is 55.8 Å². The van der Waals surface area contributed by atoms with E-state index in [2.05, 4.69) is 9.80 Å². The van der Waals surface area contributed by atoms with Crippen molar-refractivity contribution in [2.45, 2.75) is 45.4 Å². The number of piperazine rings is 1. The summed E-state index contributed by atoms with van der Waals surface area (Å²) in [5, 5.41) is 0. The first-order chi connectivity index (χ1) is 16.0. The van der Waals surface area contributed by atoms with E-state index >= 15 is 0 Å². The Morgan fingerprint density at radius 1 is 0.879 bits per heavy atom. The molecule has 3 heterocycles. The Morgan fingerprint density at radius 2 is 1.55 bits per heavy atom. The molecule has 3 aliphatic heterocycles. The third kappa shape index (κ3) is 6.54. The summed E-state index contributed by atoms with van der Waals surface area (Å²) in [7, 11) is 0. The van der Waals surface area contributed by atoms with Crippen LogP contribution in [-0.2, 0) is 4.79 Å². The minimum atomic E-state index is -0.370. The Morgan fingerprint density at radius 3 is 2.15 bits per heavy atom. The van der Waals surface area contributed by atoms with Crippen molar-refractivity contribution in [3.63, 3.8) is 0 Å². The highest BCUT2D eigenvalue weighted by Crippen LogP contribution is 2.23. The number of carbonyl (C=O) groups is 2. The molecule has 1 amide bonds. The van der Waals surface area contributed by atoms with Crippen molar-refractivity contribution in [3.8, 4) is 0 Å². The molecule has 6 nitrogen and oxygen atoms in total. The molecule has 0 aromatic heterocycles. The van der Waals surface area contributed by atoms with Crippen LogP contribution in [0.25, 0.3) is 0 Å². The number of rotatable bonds is 6. The molecule has 4 rings (SSSR count). The van der Waals surface area contributed by atoms with Gasteiger partial charge in [0.05, 0.1) is 12.2 Å². The lowest BCUT2D eigenvalue weighted by molar-refractivity contribution is -0.133. The Labute approximate surface area is 197 Å². The van der Waals surface area contributed by atoms with Gasteiger partial charge >= 0.3 is 0 Å². The first-order valence-corrected chi connectivity index (χ1v) is 12.8. The van der Waals surface area contributed by atoms with Gasteiger partial charge in [0, 0.05) is 38.3 Å². The average molecular weight is 459 g/mol. The number of likely N-dealkylation sites (tertiary alicyclic amines) is 2. The zero-order valence-electron chi connectivity index (χ0n) is 20.1. The van der Waals surface area contributed by atoms with E-state index in [1.807, 2.05) is 9.80 Å². The van der Waals surface area contributed by atoms with E-state index in [9.17, 15) is 14.0 Å². The maximum absolute atomic E-state index is 14.5. The normalized spacial score (nSPS) is 21.8. The number of Topliss-reactive ketones (excluding diaryl/α,β-unsaturated/α-hetero) is 1. The van der Waals surface area contributed by atoms with Crippen LogP contribution in [0.4, 0.5) is 10.1 Å². The molecular formula is C26H39FN4O2. The molecule has 7 heteroatoms. The Hall–Kier alpha value is -1.99. The quantitative estimate of drug-likeness (QED) is 0.613. The molecule has 0 spiro atoms. The minimum Gasteiger partial charge on any atom is -0.366 e. The number of anilines is 1. The fraction of sp³-hybridized carbons (Fsp3) is 0.692. The lowest BCUT2D eigenvalue weighted by Crippen LogP contribution is -2.52. The fourth-order valence-corrected chi connectivity index (χ4v) is 5.48. The maximum Gasteiger partial charge on any atom is 0.236 e. The van der Waals surface area contributed by atoms with Gasteiger partial charge in [-0.15, -0.1) is 0 Å². The maximum atomic E-state index is 14.5. The van der Waals surface area contributed by atoms with Crippen molar-refractivity contribution >= 4 is 17.4 Å². The molecule has 1 aromatic rings. The second-order valence-corrected chi connectivity index (χ2v) is 10.0. The van der Waals surface area contributed by atoms with E-state index in [0.29, 0.717) is 44.0 Å². The molecule has 3 saturated heterocycles. The Kier molecular flexibility index (Phi) is 8.36. The van der Waals surface area contributed by atoms with E-state index < -0.39 is 0 Å². The standard InChI is InChI=1S/C26H39FN4O2/c1-21(32)23-6-7-25(24(27)18-23)30-14-16-31(17-15-30)26(33)20-29-12-8-22(9-13-29)19-28-10-4-2-3-5-11-28/h6-7,18,22H,2-5,8-17,19-20H2,1H3. The summed E-state index contributed by atoms with van der Waals surface area (Å²) in [6, 6.07) is 4.67. The number of halogens is 1. The van der Waals surface area contributed by atoms with Gasteiger partial charge < -0.3 is 14.7 Å².